The summed E-state index contributed by atoms with van der Waals surface area (Å²) in [5, 5.41) is 3.51. The summed E-state index contributed by atoms with van der Waals surface area (Å²) in [7, 11) is 0. The Hall–Kier alpha value is -1.07. The summed E-state index contributed by atoms with van der Waals surface area (Å²) in [5.74, 6) is 1.75. The van der Waals surface area contributed by atoms with Crippen molar-refractivity contribution in [3.63, 3.8) is 0 Å². The van der Waals surface area contributed by atoms with Crippen molar-refractivity contribution >= 4 is 5.95 Å². The van der Waals surface area contributed by atoms with Crippen LogP contribution in [0.1, 0.15) is 26.7 Å². The largest absolute Gasteiger partial charge is 0.382 e. The molecule has 0 aliphatic carbocycles. The zero-order valence-corrected chi connectivity index (χ0v) is 12.8. The Bertz CT molecular complexity index is 380. The third-order valence-electron chi connectivity index (χ3n) is 3.97. The lowest BCUT2D eigenvalue weighted by Crippen LogP contribution is -2.23. The number of rotatable bonds is 9. The summed E-state index contributed by atoms with van der Waals surface area (Å²) in [4.78, 5) is 6.93. The van der Waals surface area contributed by atoms with E-state index in [1.165, 1.54) is 26.1 Å². The van der Waals surface area contributed by atoms with E-state index in [2.05, 4.69) is 26.7 Å². The number of anilines is 1. The molecule has 0 spiro atoms. The number of ether oxygens (including phenoxy) is 1. The van der Waals surface area contributed by atoms with Gasteiger partial charge in [0.1, 0.15) is 0 Å². The first kappa shape index (κ1) is 15.3. The van der Waals surface area contributed by atoms with Crippen molar-refractivity contribution in [1.29, 1.82) is 0 Å². The highest BCUT2D eigenvalue weighted by Gasteiger charge is 2.21. The minimum absolute atomic E-state index is 0.753. The number of aryl methyl sites for hydroxylation is 1. The zero-order valence-electron chi connectivity index (χ0n) is 12.8. The van der Waals surface area contributed by atoms with Gasteiger partial charge >= 0.3 is 0 Å². The Balaban J connectivity index is 1.71. The van der Waals surface area contributed by atoms with Gasteiger partial charge in [-0.1, -0.05) is 6.92 Å². The Labute approximate surface area is 122 Å². The first-order valence-corrected chi connectivity index (χ1v) is 7.88. The van der Waals surface area contributed by atoms with Crippen LogP contribution in [0.2, 0.25) is 0 Å². The number of likely N-dealkylation sites (tertiary alicyclic amines) is 1. The molecule has 2 heterocycles. The minimum atomic E-state index is 0.753. The molecule has 1 aliphatic rings. The second-order valence-electron chi connectivity index (χ2n) is 5.42. The van der Waals surface area contributed by atoms with E-state index in [0.717, 1.165) is 44.6 Å². The molecule has 5 nitrogen and oxygen atoms in total. The fourth-order valence-corrected chi connectivity index (χ4v) is 2.74. The Morgan fingerprint density at radius 1 is 1.45 bits per heavy atom. The van der Waals surface area contributed by atoms with Gasteiger partial charge in [-0.2, -0.15) is 0 Å². The molecule has 1 saturated heterocycles. The summed E-state index contributed by atoms with van der Waals surface area (Å²) >= 11 is 0. The van der Waals surface area contributed by atoms with E-state index in [1.807, 2.05) is 19.3 Å². The third kappa shape index (κ3) is 4.49. The van der Waals surface area contributed by atoms with Gasteiger partial charge in [-0.3, -0.25) is 0 Å². The van der Waals surface area contributed by atoms with Crippen LogP contribution in [0.3, 0.4) is 0 Å². The van der Waals surface area contributed by atoms with E-state index in [1.54, 1.807) is 0 Å². The summed E-state index contributed by atoms with van der Waals surface area (Å²) in [5.41, 5.74) is 0. The predicted octanol–water partition coefficient (Wildman–Crippen LogP) is 2.06. The molecule has 1 N–H and O–H groups in total. The van der Waals surface area contributed by atoms with E-state index >= 15 is 0 Å². The van der Waals surface area contributed by atoms with Crippen molar-refractivity contribution in [2.24, 2.45) is 5.92 Å². The first-order chi connectivity index (χ1) is 9.83. The van der Waals surface area contributed by atoms with Crippen molar-refractivity contribution in [2.45, 2.75) is 33.2 Å². The molecule has 1 fully saturated rings. The topological polar surface area (TPSA) is 42.3 Å². The van der Waals surface area contributed by atoms with Crippen molar-refractivity contribution in [1.82, 2.24) is 14.5 Å². The van der Waals surface area contributed by atoms with E-state index in [9.17, 15) is 0 Å². The van der Waals surface area contributed by atoms with Crippen LogP contribution in [-0.2, 0) is 11.3 Å². The van der Waals surface area contributed by atoms with Crippen LogP contribution in [0.5, 0.6) is 0 Å². The molecular formula is C15H28N4O. The fourth-order valence-electron chi connectivity index (χ4n) is 2.74. The summed E-state index contributed by atoms with van der Waals surface area (Å²) in [6, 6.07) is 0. The fraction of sp³-hybridized carbons (Fsp3) is 0.800. The van der Waals surface area contributed by atoms with Crippen LogP contribution in [0, 0.1) is 5.92 Å². The average Bonchev–Trinajstić information content (AvgIpc) is 3.10. The van der Waals surface area contributed by atoms with Crippen molar-refractivity contribution in [3.8, 4) is 0 Å². The molecule has 1 atom stereocenters. The molecule has 20 heavy (non-hydrogen) atoms. The molecule has 1 aliphatic heterocycles. The van der Waals surface area contributed by atoms with Crippen LogP contribution >= 0.6 is 0 Å². The van der Waals surface area contributed by atoms with E-state index in [0.29, 0.717) is 0 Å². The van der Waals surface area contributed by atoms with Gasteiger partial charge in [0.15, 0.2) is 0 Å². The van der Waals surface area contributed by atoms with Crippen molar-refractivity contribution < 1.29 is 4.74 Å². The molecule has 0 bridgehead atoms. The monoisotopic (exact) mass is 280 g/mol. The Morgan fingerprint density at radius 3 is 3.10 bits per heavy atom. The van der Waals surface area contributed by atoms with Crippen LogP contribution in [0.4, 0.5) is 5.95 Å². The quantitative estimate of drug-likeness (QED) is 0.703. The highest BCUT2D eigenvalue weighted by Crippen LogP contribution is 2.16. The predicted molar refractivity (Wildman–Crippen MR) is 82.0 cm³/mol. The molecule has 1 aromatic heterocycles. The summed E-state index contributed by atoms with van der Waals surface area (Å²) < 4.78 is 7.56. The standard InChI is InChI=1S/C15H28N4O/c1-3-18-9-6-14(13-18)12-17-15-16-7-10-19(15)8-5-11-20-4-2/h7,10,14H,3-6,8-9,11-13H2,1-2H3,(H,16,17). The van der Waals surface area contributed by atoms with Crippen molar-refractivity contribution in [3.05, 3.63) is 12.4 Å². The smallest absolute Gasteiger partial charge is 0.202 e. The molecule has 0 saturated carbocycles. The first-order valence-electron chi connectivity index (χ1n) is 7.88. The lowest BCUT2D eigenvalue weighted by molar-refractivity contribution is 0.142. The van der Waals surface area contributed by atoms with E-state index in [-0.39, 0.29) is 0 Å². The van der Waals surface area contributed by atoms with E-state index in [4.69, 9.17) is 4.74 Å². The SMILES string of the molecule is CCOCCCn1ccnc1NCC1CCN(CC)C1. The number of aromatic nitrogens is 2. The Morgan fingerprint density at radius 2 is 2.35 bits per heavy atom. The molecule has 114 valence electrons. The third-order valence-corrected chi connectivity index (χ3v) is 3.97. The van der Waals surface area contributed by atoms with Gasteiger partial charge < -0.3 is 19.5 Å². The second kappa shape index (κ2) is 8.27. The molecule has 0 amide bonds. The van der Waals surface area contributed by atoms with Gasteiger partial charge in [-0.25, -0.2) is 4.98 Å². The zero-order chi connectivity index (χ0) is 14.2. The summed E-state index contributed by atoms with van der Waals surface area (Å²) in [6.45, 7) is 11.5. The Kier molecular flexibility index (Phi) is 6.33. The number of nitrogens with zero attached hydrogens (tertiary/aromatic N) is 3. The van der Waals surface area contributed by atoms with Crippen LogP contribution in [0.25, 0.3) is 0 Å². The number of nitrogens with one attached hydrogen (secondary N) is 1. The minimum Gasteiger partial charge on any atom is -0.382 e. The molecular weight excluding hydrogens is 252 g/mol. The molecule has 1 unspecified atom stereocenters. The van der Waals surface area contributed by atoms with Crippen molar-refractivity contribution in [2.75, 3.05) is 44.7 Å². The van der Waals surface area contributed by atoms with Gasteiger partial charge in [0, 0.05) is 45.2 Å². The average molecular weight is 280 g/mol. The molecule has 2 rings (SSSR count). The van der Waals surface area contributed by atoms with Crippen LogP contribution < -0.4 is 5.32 Å². The lowest BCUT2D eigenvalue weighted by Gasteiger charge is -2.15. The van der Waals surface area contributed by atoms with Gasteiger partial charge in [0.05, 0.1) is 0 Å². The van der Waals surface area contributed by atoms with Crippen LogP contribution in [0.15, 0.2) is 12.4 Å². The van der Waals surface area contributed by atoms with Crippen LogP contribution in [-0.4, -0.2) is 53.8 Å². The number of hydrogen-bond acceptors (Lipinski definition) is 4. The highest BCUT2D eigenvalue weighted by molar-refractivity contribution is 5.25. The summed E-state index contributed by atoms with van der Waals surface area (Å²) in [6.07, 6.45) is 6.25. The van der Waals surface area contributed by atoms with E-state index < -0.39 is 0 Å². The second-order valence-corrected chi connectivity index (χ2v) is 5.42. The highest BCUT2D eigenvalue weighted by atomic mass is 16.5. The van der Waals surface area contributed by atoms with Gasteiger partial charge in [-0.15, -0.1) is 0 Å². The normalized spacial score (nSPS) is 19.6. The van der Waals surface area contributed by atoms with Gasteiger partial charge in [-0.05, 0) is 38.8 Å². The maximum atomic E-state index is 5.38. The molecule has 0 aromatic carbocycles. The number of hydrogen-bond donors (Lipinski definition) is 1. The lowest BCUT2D eigenvalue weighted by atomic mass is 10.1. The van der Waals surface area contributed by atoms with Gasteiger partial charge in [0.2, 0.25) is 5.95 Å². The molecule has 5 heteroatoms. The van der Waals surface area contributed by atoms with Gasteiger partial charge in [0.25, 0.3) is 0 Å². The number of imidazole rings is 1. The maximum absolute atomic E-state index is 5.38. The maximum Gasteiger partial charge on any atom is 0.202 e. The molecule has 1 aromatic rings. The molecule has 0 radical (unpaired) electrons.